The summed E-state index contributed by atoms with van der Waals surface area (Å²) in [5.41, 5.74) is 2.93. The van der Waals surface area contributed by atoms with E-state index in [4.69, 9.17) is 25.7 Å². The van der Waals surface area contributed by atoms with E-state index in [1.165, 1.54) is 6.08 Å². The van der Waals surface area contributed by atoms with E-state index in [0.29, 0.717) is 5.71 Å². The number of carbonyl (C=O) groups is 7. The van der Waals surface area contributed by atoms with E-state index in [0.717, 1.165) is 0 Å². The molecule has 7 aliphatic rings. The summed E-state index contributed by atoms with van der Waals surface area (Å²) in [7, 11) is 0. The summed E-state index contributed by atoms with van der Waals surface area (Å²) in [5, 5.41) is 77.9. The number of fused-ring (bicyclic) bond motifs is 4. The van der Waals surface area contributed by atoms with Crippen LogP contribution in [0.4, 0.5) is 0 Å². The van der Waals surface area contributed by atoms with E-state index in [-0.39, 0.29) is 110 Å². The van der Waals surface area contributed by atoms with Gasteiger partial charge in [0, 0.05) is 118 Å². The quantitative estimate of drug-likeness (QED) is 0.148. The number of primary amides is 1. The van der Waals surface area contributed by atoms with E-state index in [9.17, 15) is 64.2 Å². The van der Waals surface area contributed by atoms with Gasteiger partial charge in [-0.05, 0) is 82.1 Å². The summed E-state index contributed by atoms with van der Waals surface area (Å²) in [4.78, 5) is 107. The Morgan fingerprint density at radius 1 is 0.855 bits per heavy atom. The largest absolute Gasteiger partial charge is 2.00 e. The number of hydrogen-bond donors (Lipinski definition) is 2. The van der Waals surface area contributed by atoms with Gasteiger partial charge in [-0.25, -0.2) is 0 Å². The Kier molecular flexibility index (Phi) is 12.8. The van der Waals surface area contributed by atoms with E-state index >= 15 is 0 Å². The fourth-order valence-corrected chi connectivity index (χ4v) is 11.9. The third-order valence-electron chi connectivity index (χ3n) is 14.6. The molecule has 0 saturated carbocycles. The summed E-state index contributed by atoms with van der Waals surface area (Å²) < 4.78 is 0. The molecular formula is C42H51N6NiO13+. The Morgan fingerprint density at radius 3 is 2.13 bits per heavy atom. The predicted octanol–water partition coefficient (Wildman–Crippen LogP) is -4.14. The summed E-state index contributed by atoms with van der Waals surface area (Å²) in [6.07, 6.45) is -1.91. The maximum absolute atomic E-state index is 14.2. The van der Waals surface area contributed by atoms with Crippen LogP contribution < -0.4 is 41.7 Å². The molecule has 11 atom stereocenters. The number of amides is 2. The van der Waals surface area contributed by atoms with Gasteiger partial charge in [0.15, 0.2) is 0 Å². The van der Waals surface area contributed by atoms with Crippen LogP contribution in [-0.4, -0.2) is 82.3 Å². The van der Waals surface area contributed by atoms with Gasteiger partial charge in [0.05, 0.1) is 17.8 Å². The van der Waals surface area contributed by atoms with Crippen molar-refractivity contribution in [3.05, 3.63) is 23.1 Å². The number of nitrogens with two attached hydrogens (primary N) is 1. The molecule has 19 nitrogen and oxygen atoms in total. The normalized spacial score (nSPS) is 36.2. The van der Waals surface area contributed by atoms with Crippen LogP contribution in [0.25, 0.3) is 0 Å². The number of aliphatic imine (C=N–C) groups is 4. The van der Waals surface area contributed by atoms with Crippen molar-refractivity contribution in [3.8, 4) is 0 Å². The van der Waals surface area contributed by atoms with Gasteiger partial charge in [0.2, 0.25) is 11.8 Å². The topological polar surface area (TPSA) is 345 Å². The third-order valence-corrected chi connectivity index (χ3v) is 14.6. The van der Waals surface area contributed by atoms with Crippen LogP contribution >= 0.6 is 0 Å². The predicted molar refractivity (Wildman–Crippen MR) is 205 cm³/mol. The Bertz CT molecular complexity index is 2210. The molecule has 7 rings (SSSR count). The maximum atomic E-state index is 14.2. The fourth-order valence-electron chi connectivity index (χ4n) is 11.9. The Hall–Kier alpha value is -5.26. The number of carboxylic acids is 5. The summed E-state index contributed by atoms with van der Waals surface area (Å²) >= 11 is 0. The molecule has 3 N–H and O–H groups in total. The Labute approximate surface area is 373 Å². The van der Waals surface area contributed by atoms with Gasteiger partial charge < -0.3 is 65.7 Å². The minimum absolute atomic E-state index is 0. The first-order valence-electron chi connectivity index (χ1n) is 20.7. The molecule has 2 amide bonds. The maximum Gasteiger partial charge on any atom is 2.00 e. The number of carbonyl (C=O) groups excluding carboxylic acids is 7. The number of hydrogen-bond acceptors (Lipinski definition) is 17. The van der Waals surface area contributed by atoms with Crippen LogP contribution in [0, 0.1) is 46.3 Å². The number of allylic oxidation sites excluding steroid dienone is 4. The van der Waals surface area contributed by atoms with Gasteiger partial charge in [-0.1, -0.05) is 13.8 Å². The first kappa shape index (κ1) is 46.3. The van der Waals surface area contributed by atoms with Crippen molar-refractivity contribution in [2.45, 2.75) is 121 Å². The molecule has 0 aromatic heterocycles. The molecule has 11 unspecified atom stereocenters. The second-order valence-electron chi connectivity index (χ2n) is 18.2. The summed E-state index contributed by atoms with van der Waals surface area (Å²) in [5.74, 6) is -13.7. The molecule has 1 saturated heterocycles. The van der Waals surface area contributed by atoms with Gasteiger partial charge in [-0.3, -0.25) is 29.6 Å². The van der Waals surface area contributed by atoms with Crippen LogP contribution in [0.3, 0.4) is 0 Å². The molecular weight excluding hydrogens is 855 g/mol. The second kappa shape index (κ2) is 17.1. The van der Waals surface area contributed by atoms with Crippen LogP contribution in [0.15, 0.2) is 43.1 Å². The zero-order valence-corrected chi connectivity index (χ0v) is 35.1. The van der Waals surface area contributed by atoms with Gasteiger partial charge in [0.25, 0.3) is 0 Å². The van der Waals surface area contributed by atoms with Crippen molar-refractivity contribution in [2.75, 3.05) is 0 Å². The molecule has 8 bridgehead atoms. The van der Waals surface area contributed by atoms with E-state index in [2.05, 4.69) is 5.32 Å². The molecule has 6 aliphatic heterocycles. The van der Waals surface area contributed by atoms with Crippen molar-refractivity contribution in [1.82, 2.24) is 5.32 Å². The Balaban J connectivity index is 0.00000374. The minimum atomic E-state index is -1.53. The van der Waals surface area contributed by atoms with Crippen molar-refractivity contribution >= 4 is 64.5 Å². The zero-order chi connectivity index (χ0) is 44.3. The van der Waals surface area contributed by atoms with E-state index in [1.807, 2.05) is 0 Å². The third kappa shape index (κ3) is 8.21. The monoisotopic (exact) mass is 905 g/mol. The van der Waals surface area contributed by atoms with Crippen LogP contribution in [0.1, 0.15) is 111 Å². The molecule has 62 heavy (non-hydrogen) atoms. The summed E-state index contributed by atoms with van der Waals surface area (Å²) in [6, 6.07) is -1.73. The number of aliphatic carboxylic acids is 5. The SMILES string of the molecule is CC1(CC(N)=O)C2=NC(CC34N=C(/C=C5\N=C(C6=C([O-])CCC7C6=NC(C2)C7CC(=O)[O-])C(CCC(=O)[O-])C5CC(=O)[O-])C(CCC(=O)[O-])C3(C)CC(=O)N4)C1CCC(=O)[O-].[H+].[H+].[H+].[H+].[H+].[Ni+2]. The molecule has 0 aromatic carbocycles. The van der Waals surface area contributed by atoms with Crippen molar-refractivity contribution < 1.29 is 87.8 Å². The smallest absolute Gasteiger partial charge is 0.875 e. The van der Waals surface area contributed by atoms with Gasteiger partial charge >= 0.3 is 23.6 Å². The van der Waals surface area contributed by atoms with Gasteiger partial charge in [-0.15, -0.1) is 5.76 Å². The number of carboxylic acid groups (broad SMARTS) is 5. The molecule has 20 heteroatoms. The van der Waals surface area contributed by atoms with Crippen molar-refractivity contribution in [1.29, 1.82) is 0 Å². The number of rotatable bonds is 15. The Morgan fingerprint density at radius 2 is 1.50 bits per heavy atom. The van der Waals surface area contributed by atoms with Crippen LogP contribution in [-0.2, 0) is 50.1 Å². The first-order valence-corrected chi connectivity index (χ1v) is 20.7. The van der Waals surface area contributed by atoms with Crippen molar-refractivity contribution in [2.24, 2.45) is 72.0 Å². The average molecular weight is 907 g/mol. The molecule has 6 heterocycles. The first-order chi connectivity index (χ1) is 28.7. The van der Waals surface area contributed by atoms with Crippen LogP contribution in [0.2, 0.25) is 0 Å². The average Bonchev–Trinajstić information content (AvgIpc) is 3.83. The number of nitrogens with one attached hydrogen (secondary N) is 1. The van der Waals surface area contributed by atoms with E-state index in [1.54, 1.807) is 13.8 Å². The summed E-state index contributed by atoms with van der Waals surface area (Å²) in [6.45, 7) is 3.48. The molecule has 1 spiro atoms. The zero-order valence-electron chi connectivity index (χ0n) is 39.1. The molecule has 0 radical (unpaired) electrons. The van der Waals surface area contributed by atoms with Crippen LogP contribution in [0.5, 0.6) is 0 Å². The number of nitrogens with zero attached hydrogens (tertiary/aromatic N) is 4. The fraction of sp³-hybridized carbons (Fsp3) is 0.643. The van der Waals surface area contributed by atoms with Crippen molar-refractivity contribution in [3.63, 3.8) is 0 Å². The molecule has 0 aromatic rings. The van der Waals surface area contributed by atoms with Gasteiger partial charge in [-0.2, -0.15) is 0 Å². The van der Waals surface area contributed by atoms with Gasteiger partial charge in [0.1, 0.15) is 5.66 Å². The van der Waals surface area contributed by atoms with E-state index < -0.39 is 144 Å². The molecule has 1 aliphatic carbocycles. The minimum Gasteiger partial charge on any atom is -0.875 e. The second-order valence-corrected chi connectivity index (χ2v) is 18.2. The molecule has 336 valence electrons. The standard InChI is InChI=1S/C42H52N6O13.Ni/c1-40(16-30(43)50)22(5-9-33(54)55)27-15-42-41(2,17-31(51)48-42)23(6-10-34(56)57)26(47-42)13-24-20(11-35(58)59)19(4-8-32(52)53)39(45-24)37-28(49)7-3-18-21(12-36(60)61)25(46-38(18)37)14-29(40)44-27;/h13,18-23,25,27,49H,3-12,14-17H2,1-2H3,(H2,43,50)(H,48,51)(H,52,53)(H,54,55)(H,56,57)(H,58,59)(H,60,61);/q;+2/p-1/b24-13-;. The molecule has 1 fully saturated rings.